The van der Waals surface area contributed by atoms with E-state index in [1.807, 2.05) is 19.1 Å². The number of esters is 1. The molecule has 3 aliphatic carbocycles. The topological polar surface area (TPSA) is 184 Å². The summed E-state index contributed by atoms with van der Waals surface area (Å²) in [6, 6.07) is 7.21. The molecule has 0 unspecified atom stereocenters. The summed E-state index contributed by atoms with van der Waals surface area (Å²) in [5, 5.41) is 20.3. The average Bonchev–Trinajstić information content (AvgIpc) is 3.81. The van der Waals surface area contributed by atoms with Crippen LogP contribution < -0.4 is 10.5 Å². The lowest BCUT2D eigenvalue weighted by Gasteiger charge is -2.61. The molecule has 3 fully saturated rings. The minimum absolute atomic E-state index is 0.0379. The Morgan fingerprint density at radius 2 is 2.06 bits per heavy atom. The minimum Gasteiger partial charge on any atom is -0.460 e. The third-order valence-electron chi connectivity index (χ3n) is 12.0. The zero-order valence-electron chi connectivity index (χ0n) is 27.7. The highest BCUT2D eigenvalue weighted by atomic mass is 16.5. The van der Waals surface area contributed by atoms with Crippen molar-refractivity contribution >= 4 is 28.9 Å². The number of aliphatic hydroxyl groups excluding tert-OH is 1. The molecule has 0 spiro atoms. The van der Waals surface area contributed by atoms with Gasteiger partial charge in [-0.1, -0.05) is 51.1 Å². The second-order valence-corrected chi connectivity index (χ2v) is 14.5. The number of nitrogens with one attached hydrogen (secondary N) is 1. The number of ketones is 1. The molecule has 252 valence electrons. The fourth-order valence-corrected chi connectivity index (χ4v) is 9.06. The monoisotopic (exact) mass is 654 g/mol. The van der Waals surface area contributed by atoms with E-state index in [1.54, 1.807) is 24.4 Å². The van der Waals surface area contributed by atoms with Crippen LogP contribution in [0.4, 0.5) is 5.95 Å². The first-order valence-corrected chi connectivity index (χ1v) is 16.6. The number of anilines is 1. The van der Waals surface area contributed by atoms with E-state index in [4.69, 9.17) is 15.2 Å². The van der Waals surface area contributed by atoms with Crippen molar-refractivity contribution in [2.75, 3.05) is 5.73 Å². The van der Waals surface area contributed by atoms with Crippen LogP contribution in [0.25, 0.3) is 22.4 Å². The maximum Gasteiger partial charge on any atom is 0.328 e. The van der Waals surface area contributed by atoms with Crippen molar-refractivity contribution in [1.29, 1.82) is 0 Å². The van der Waals surface area contributed by atoms with Crippen LogP contribution in [0.2, 0.25) is 0 Å². The molecule has 3 aliphatic rings. The van der Waals surface area contributed by atoms with Gasteiger partial charge in [-0.2, -0.15) is 9.97 Å². The Labute approximate surface area is 278 Å². The standard InChI is InChI=1S/C35H42N8O5/c1-6-33(4)15-25(34(5)19(2)10-12-35(20(3)29(33)46)13-11-24(44)28(34)35)48-26(45)17-43-16-23(41-42-43)21-8-7-9-22(14-21)47-31-27-30(38-18-37-27)39-32(36)40-31/h6-9,14,16,18-20,25,28-29,46H,1,10-13,15,17H2,2-5H3,(H3,36,37,38,39,40)/t19-,20+,25-,28+,29+,33-,34+,35+/m1/s1. The first kappa shape index (κ1) is 31.9. The van der Waals surface area contributed by atoms with Crippen LogP contribution in [-0.4, -0.2) is 64.0 Å². The summed E-state index contributed by atoms with van der Waals surface area (Å²) in [6.45, 7) is 12.3. The highest BCUT2D eigenvalue weighted by Crippen LogP contribution is 2.68. The van der Waals surface area contributed by atoms with E-state index in [1.165, 1.54) is 11.0 Å². The molecular weight excluding hydrogens is 612 g/mol. The number of carbonyl (C=O) groups is 2. The molecule has 8 atom stereocenters. The molecule has 13 nitrogen and oxygen atoms in total. The molecule has 0 saturated heterocycles. The second-order valence-electron chi connectivity index (χ2n) is 14.5. The summed E-state index contributed by atoms with van der Waals surface area (Å²) in [6.07, 6.45) is 7.01. The van der Waals surface area contributed by atoms with Gasteiger partial charge >= 0.3 is 5.97 Å². The molecule has 0 aliphatic heterocycles. The number of Topliss-reactive ketones (excluding diaryl/α,β-unsaturated/α-hetero) is 1. The second kappa shape index (κ2) is 11.5. The van der Waals surface area contributed by atoms with Crippen LogP contribution in [0, 0.1) is 34.0 Å². The van der Waals surface area contributed by atoms with E-state index < -0.39 is 29.0 Å². The van der Waals surface area contributed by atoms with Crippen LogP contribution in [-0.2, 0) is 20.9 Å². The molecule has 13 heteroatoms. The predicted octanol–water partition coefficient (Wildman–Crippen LogP) is 4.89. The number of rotatable bonds is 7. The molecule has 7 rings (SSSR count). The third kappa shape index (κ3) is 4.97. The summed E-state index contributed by atoms with van der Waals surface area (Å²) < 4.78 is 13.8. The number of aliphatic hydroxyl groups is 1. The zero-order chi connectivity index (χ0) is 34.0. The fourth-order valence-electron chi connectivity index (χ4n) is 9.06. The number of hydrogen-bond donors (Lipinski definition) is 3. The molecule has 3 heterocycles. The van der Waals surface area contributed by atoms with Crippen LogP contribution in [0.1, 0.15) is 59.8 Å². The Balaban J connectivity index is 1.12. The van der Waals surface area contributed by atoms with Gasteiger partial charge in [0.1, 0.15) is 35.4 Å². The van der Waals surface area contributed by atoms with Crippen molar-refractivity contribution in [2.45, 2.75) is 78.6 Å². The van der Waals surface area contributed by atoms with Crippen molar-refractivity contribution < 1.29 is 24.2 Å². The van der Waals surface area contributed by atoms with Gasteiger partial charge in [0.2, 0.25) is 5.95 Å². The Bertz CT molecular complexity index is 1910. The van der Waals surface area contributed by atoms with E-state index in [2.05, 4.69) is 57.6 Å². The number of ether oxygens (including phenoxy) is 2. The van der Waals surface area contributed by atoms with Crippen molar-refractivity contribution in [3.05, 3.63) is 49.4 Å². The average molecular weight is 655 g/mol. The van der Waals surface area contributed by atoms with Crippen LogP contribution >= 0.6 is 0 Å². The van der Waals surface area contributed by atoms with Crippen molar-refractivity contribution in [1.82, 2.24) is 34.9 Å². The number of nitrogen functional groups attached to an aromatic ring is 1. The highest BCUT2D eigenvalue weighted by molar-refractivity contribution is 5.86. The lowest BCUT2D eigenvalue weighted by molar-refractivity contribution is -0.207. The van der Waals surface area contributed by atoms with E-state index in [9.17, 15) is 14.7 Å². The van der Waals surface area contributed by atoms with Crippen LogP contribution in [0.15, 0.2) is 49.4 Å². The van der Waals surface area contributed by atoms with Gasteiger partial charge in [0.15, 0.2) is 5.65 Å². The highest BCUT2D eigenvalue weighted by Gasteiger charge is 2.68. The van der Waals surface area contributed by atoms with Crippen LogP contribution in [0.5, 0.6) is 11.6 Å². The SMILES string of the molecule is C=C[C@]1(C)C[C@@H](OC(=O)Cn2cc(-c3cccc(Oc4nc(N)nc5nc[nH]c45)c3)nn2)[C@]2(C)[C@H](C)CC[C@]3(CCC(=O)[C@H]32)[C@@H](C)[C@@H]1O. The lowest BCUT2D eigenvalue weighted by Crippen LogP contribution is -2.63. The van der Waals surface area contributed by atoms with Crippen molar-refractivity contribution in [3.8, 4) is 22.9 Å². The molecule has 1 aromatic carbocycles. The number of benzene rings is 1. The summed E-state index contributed by atoms with van der Waals surface area (Å²) in [5.74, 6) is 0.246. The molecule has 2 bridgehead atoms. The Hall–Kier alpha value is -4.65. The number of nitrogens with two attached hydrogens (primary N) is 1. The maximum atomic E-state index is 13.7. The molecule has 4 aromatic rings. The molecular formula is C35H42N8O5. The first-order chi connectivity index (χ1) is 22.9. The normalized spacial score (nSPS) is 33.1. The number of aromatic nitrogens is 7. The van der Waals surface area contributed by atoms with Gasteiger partial charge in [-0.3, -0.25) is 9.59 Å². The van der Waals surface area contributed by atoms with Gasteiger partial charge in [0, 0.05) is 28.7 Å². The van der Waals surface area contributed by atoms with E-state index in [0.29, 0.717) is 41.0 Å². The van der Waals surface area contributed by atoms with Gasteiger partial charge in [-0.25, -0.2) is 9.67 Å². The summed E-state index contributed by atoms with van der Waals surface area (Å²) in [7, 11) is 0. The fraction of sp³-hybridized carbons (Fsp3) is 0.514. The number of fused-ring (bicyclic) bond motifs is 1. The first-order valence-electron chi connectivity index (χ1n) is 16.6. The van der Waals surface area contributed by atoms with E-state index in [-0.39, 0.29) is 47.3 Å². The summed E-state index contributed by atoms with van der Waals surface area (Å²) in [5.41, 5.74) is 6.33. The van der Waals surface area contributed by atoms with Crippen molar-refractivity contribution in [3.63, 3.8) is 0 Å². The number of imidazole rings is 1. The van der Waals surface area contributed by atoms with Gasteiger partial charge in [0.05, 0.1) is 18.6 Å². The number of H-pyrrole nitrogens is 1. The zero-order valence-corrected chi connectivity index (χ0v) is 27.7. The molecule has 3 saturated carbocycles. The molecule has 48 heavy (non-hydrogen) atoms. The molecule has 4 N–H and O–H groups in total. The van der Waals surface area contributed by atoms with E-state index >= 15 is 0 Å². The van der Waals surface area contributed by atoms with Gasteiger partial charge in [-0.05, 0) is 55.1 Å². The number of hydrogen-bond acceptors (Lipinski definition) is 11. The molecule has 0 amide bonds. The smallest absolute Gasteiger partial charge is 0.328 e. The summed E-state index contributed by atoms with van der Waals surface area (Å²) in [4.78, 5) is 42.7. The number of carbonyl (C=O) groups excluding carboxylic acids is 2. The Kier molecular flexibility index (Phi) is 7.65. The van der Waals surface area contributed by atoms with Gasteiger partial charge in [-0.15, -0.1) is 11.7 Å². The lowest BCUT2D eigenvalue weighted by atomic mass is 9.44. The number of aromatic amines is 1. The predicted molar refractivity (Wildman–Crippen MR) is 176 cm³/mol. The Morgan fingerprint density at radius 1 is 1.25 bits per heavy atom. The van der Waals surface area contributed by atoms with Crippen molar-refractivity contribution in [2.24, 2.45) is 34.0 Å². The third-order valence-corrected chi connectivity index (χ3v) is 12.0. The van der Waals surface area contributed by atoms with Gasteiger partial charge in [0.25, 0.3) is 5.88 Å². The largest absolute Gasteiger partial charge is 0.460 e. The maximum absolute atomic E-state index is 13.7. The number of nitrogens with zero attached hydrogens (tertiary/aromatic N) is 6. The minimum atomic E-state index is -0.725. The van der Waals surface area contributed by atoms with E-state index in [0.717, 1.165) is 19.3 Å². The summed E-state index contributed by atoms with van der Waals surface area (Å²) >= 11 is 0. The van der Waals surface area contributed by atoms with Gasteiger partial charge < -0.3 is 25.3 Å². The molecule has 0 radical (unpaired) electrons. The molecule has 3 aromatic heterocycles. The Morgan fingerprint density at radius 3 is 2.85 bits per heavy atom. The van der Waals surface area contributed by atoms with Crippen LogP contribution in [0.3, 0.4) is 0 Å². The quantitative estimate of drug-likeness (QED) is 0.182.